The van der Waals surface area contributed by atoms with Crippen molar-refractivity contribution in [3.8, 4) is 11.4 Å². The van der Waals surface area contributed by atoms with E-state index in [0.29, 0.717) is 24.5 Å². The minimum atomic E-state index is -0.0887. The van der Waals surface area contributed by atoms with Crippen LogP contribution in [0.4, 0.5) is 0 Å². The van der Waals surface area contributed by atoms with Gasteiger partial charge in [0, 0.05) is 30.8 Å². The second-order valence-corrected chi connectivity index (χ2v) is 4.96. The van der Waals surface area contributed by atoms with Crippen molar-refractivity contribution < 1.29 is 4.79 Å². The molecule has 1 heterocycles. The fraction of sp³-hybridized carbons (Fsp3) is 0.429. The first-order chi connectivity index (χ1) is 10.1. The summed E-state index contributed by atoms with van der Waals surface area (Å²) >= 11 is 0. The maximum absolute atomic E-state index is 12.1. The van der Waals surface area contributed by atoms with Crippen molar-refractivity contribution in [3.63, 3.8) is 0 Å². The van der Waals surface area contributed by atoms with Gasteiger partial charge in [0.2, 0.25) is 0 Å². The second kappa shape index (κ2) is 6.94. The number of nitrogens with one attached hydrogen (secondary N) is 1. The van der Waals surface area contributed by atoms with E-state index in [-0.39, 0.29) is 5.91 Å². The molecule has 0 aliphatic carbocycles. The van der Waals surface area contributed by atoms with E-state index >= 15 is 0 Å². The third-order valence-electron chi connectivity index (χ3n) is 3.06. The van der Waals surface area contributed by atoms with E-state index in [1.165, 1.54) is 0 Å². The van der Waals surface area contributed by atoms with Crippen molar-refractivity contribution in [2.75, 3.05) is 27.2 Å². The van der Waals surface area contributed by atoms with Gasteiger partial charge in [-0.25, -0.2) is 4.68 Å². The maximum atomic E-state index is 12.1. The Kier molecular flexibility index (Phi) is 4.99. The van der Waals surface area contributed by atoms with Crippen LogP contribution in [0.5, 0.6) is 0 Å². The molecule has 0 saturated heterocycles. The molecule has 0 saturated carbocycles. The van der Waals surface area contributed by atoms with Crippen LogP contribution >= 0.6 is 0 Å². The van der Waals surface area contributed by atoms with Gasteiger partial charge >= 0.3 is 0 Å². The van der Waals surface area contributed by atoms with Gasteiger partial charge < -0.3 is 10.2 Å². The van der Waals surface area contributed by atoms with Crippen LogP contribution < -0.4 is 5.32 Å². The van der Waals surface area contributed by atoms with Crippen molar-refractivity contribution >= 4 is 5.91 Å². The molecule has 1 N–H and O–H groups in total. The minimum Gasteiger partial charge on any atom is -0.351 e. The number of carbonyl (C=O) groups is 1. The highest BCUT2D eigenvalue weighted by Crippen LogP contribution is 2.17. The zero-order valence-corrected chi connectivity index (χ0v) is 12.6. The zero-order chi connectivity index (χ0) is 15.2. The maximum Gasteiger partial charge on any atom is 0.251 e. The highest BCUT2D eigenvalue weighted by Gasteiger charge is 2.11. The molecule has 0 unspecified atom stereocenters. The summed E-state index contributed by atoms with van der Waals surface area (Å²) in [6, 6.07) is 7.33. The summed E-state index contributed by atoms with van der Waals surface area (Å²) in [6.45, 7) is 4.07. The molecule has 1 aromatic heterocycles. The summed E-state index contributed by atoms with van der Waals surface area (Å²) in [4.78, 5) is 14.1. The minimum absolute atomic E-state index is 0.0887. The molecule has 0 atom stereocenters. The monoisotopic (exact) mass is 288 g/mol. The first-order valence-electron chi connectivity index (χ1n) is 6.91. The molecule has 0 bridgehead atoms. The number of tetrazole rings is 1. The Balaban J connectivity index is 2.12. The summed E-state index contributed by atoms with van der Waals surface area (Å²) < 4.78 is 1.70. The van der Waals surface area contributed by atoms with E-state index in [0.717, 1.165) is 12.1 Å². The van der Waals surface area contributed by atoms with E-state index in [2.05, 4.69) is 20.8 Å². The van der Waals surface area contributed by atoms with Gasteiger partial charge in [-0.2, -0.15) is 0 Å². The topological polar surface area (TPSA) is 75.9 Å². The Morgan fingerprint density at radius 2 is 2.19 bits per heavy atom. The summed E-state index contributed by atoms with van der Waals surface area (Å²) in [5.74, 6) is 0.578. The Bertz CT molecular complexity index is 607. The van der Waals surface area contributed by atoms with Crippen molar-refractivity contribution in [1.82, 2.24) is 30.4 Å². The first kappa shape index (κ1) is 15.1. The number of benzene rings is 1. The van der Waals surface area contributed by atoms with E-state index in [1.54, 1.807) is 10.7 Å². The molecule has 7 nitrogen and oxygen atoms in total. The Labute approximate surface area is 123 Å². The van der Waals surface area contributed by atoms with Crippen LogP contribution in [0.3, 0.4) is 0 Å². The molecule has 0 aliphatic rings. The molecule has 2 rings (SSSR count). The lowest BCUT2D eigenvalue weighted by Gasteiger charge is -2.10. The van der Waals surface area contributed by atoms with Crippen LogP contribution in [0.1, 0.15) is 17.3 Å². The fourth-order valence-corrected chi connectivity index (χ4v) is 1.92. The molecular weight excluding hydrogens is 268 g/mol. The summed E-state index contributed by atoms with van der Waals surface area (Å²) in [6.07, 6.45) is 0. The number of likely N-dealkylation sites (N-methyl/N-ethyl adjacent to an activating group) is 1. The van der Waals surface area contributed by atoms with Crippen molar-refractivity contribution in [2.24, 2.45) is 0 Å². The summed E-state index contributed by atoms with van der Waals surface area (Å²) in [7, 11) is 3.94. The van der Waals surface area contributed by atoms with Gasteiger partial charge in [0.25, 0.3) is 5.91 Å². The lowest BCUT2D eigenvalue weighted by molar-refractivity contribution is 0.0951. The molecule has 0 radical (unpaired) electrons. The number of nitrogens with zero attached hydrogens (tertiary/aromatic N) is 5. The van der Waals surface area contributed by atoms with Crippen LogP contribution in [-0.4, -0.2) is 58.2 Å². The average molecular weight is 288 g/mol. The normalized spacial score (nSPS) is 10.9. The molecule has 21 heavy (non-hydrogen) atoms. The highest BCUT2D eigenvalue weighted by atomic mass is 16.1. The third kappa shape index (κ3) is 3.85. The van der Waals surface area contributed by atoms with Crippen LogP contribution in [0.25, 0.3) is 11.4 Å². The standard InChI is InChI=1S/C14H20N6O/c1-4-20-13(16-17-18-20)11-6-5-7-12(10-11)14(21)15-8-9-19(2)3/h5-7,10H,4,8-9H2,1-3H3,(H,15,21). The van der Waals surface area contributed by atoms with Crippen molar-refractivity contribution in [1.29, 1.82) is 0 Å². The zero-order valence-electron chi connectivity index (χ0n) is 12.6. The van der Waals surface area contributed by atoms with Gasteiger partial charge in [0.1, 0.15) is 0 Å². The number of hydrogen-bond donors (Lipinski definition) is 1. The van der Waals surface area contributed by atoms with Crippen LogP contribution in [0, 0.1) is 0 Å². The number of aromatic nitrogens is 4. The molecule has 1 amide bonds. The van der Waals surface area contributed by atoms with E-state index in [1.807, 2.05) is 44.1 Å². The van der Waals surface area contributed by atoms with Gasteiger partial charge in [-0.3, -0.25) is 4.79 Å². The molecule has 0 spiro atoms. The van der Waals surface area contributed by atoms with E-state index in [4.69, 9.17) is 0 Å². The van der Waals surface area contributed by atoms with Gasteiger partial charge in [0.15, 0.2) is 5.82 Å². The van der Waals surface area contributed by atoms with Crippen LogP contribution in [0.15, 0.2) is 24.3 Å². The molecule has 1 aromatic carbocycles. The van der Waals surface area contributed by atoms with Gasteiger partial charge in [-0.15, -0.1) is 5.10 Å². The smallest absolute Gasteiger partial charge is 0.251 e. The van der Waals surface area contributed by atoms with Gasteiger partial charge in [-0.1, -0.05) is 12.1 Å². The predicted octanol–water partition coefficient (Wildman–Crippen LogP) is 0.651. The fourth-order valence-electron chi connectivity index (χ4n) is 1.92. The summed E-state index contributed by atoms with van der Waals surface area (Å²) in [5.41, 5.74) is 1.44. The largest absolute Gasteiger partial charge is 0.351 e. The van der Waals surface area contributed by atoms with Gasteiger partial charge in [-0.05, 0) is 43.6 Å². The second-order valence-electron chi connectivity index (χ2n) is 4.96. The van der Waals surface area contributed by atoms with E-state index < -0.39 is 0 Å². The highest BCUT2D eigenvalue weighted by molar-refractivity contribution is 5.95. The quantitative estimate of drug-likeness (QED) is 0.844. The SMILES string of the molecule is CCn1nnnc1-c1cccc(C(=O)NCCN(C)C)c1. The number of amides is 1. The average Bonchev–Trinajstić information content (AvgIpc) is 2.95. The number of carbonyl (C=O) groups excluding carboxylic acids is 1. The molecule has 2 aromatic rings. The number of rotatable bonds is 6. The lowest BCUT2D eigenvalue weighted by Crippen LogP contribution is -2.31. The Morgan fingerprint density at radius 1 is 1.38 bits per heavy atom. The van der Waals surface area contributed by atoms with Crippen LogP contribution in [0.2, 0.25) is 0 Å². The predicted molar refractivity (Wildman–Crippen MR) is 79.8 cm³/mol. The Morgan fingerprint density at radius 3 is 2.90 bits per heavy atom. The molecule has 7 heteroatoms. The molecular formula is C14H20N6O. The van der Waals surface area contributed by atoms with Crippen molar-refractivity contribution in [3.05, 3.63) is 29.8 Å². The first-order valence-corrected chi connectivity index (χ1v) is 6.91. The molecule has 0 aliphatic heterocycles. The van der Waals surface area contributed by atoms with Crippen molar-refractivity contribution in [2.45, 2.75) is 13.5 Å². The third-order valence-corrected chi connectivity index (χ3v) is 3.06. The summed E-state index contributed by atoms with van der Waals surface area (Å²) in [5, 5.41) is 14.5. The number of hydrogen-bond acceptors (Lipinski definition) is 5. The Hall–Kier alpha value is -2.28. The molecule has 112 valence electrons. The van der Waals surface area contributed by atoms with Crippen LogP contribution in [-0.2, 0) is 6.54 Å². The lowest BCUT2D eigenvalue weighted by atomic mass is 10.1. The number of aryl methyl sites for hydroxylation is 1. The van der Waals surface area contributed by atoms with Gasteiger partial charge in [0.05, 0.1) is 0 Å². The van der Waals surface area contributed by atoms with E-state index in [9.17, 15) is 4.79 Å². The molecule has 0 fully saturated rings.